The lowest BCUT2D eigenvalue weighted by Gasteiger charge is -2.38. The van der Waals surface area contributed by atoms with Crippen molar-refractivity contribution in [1.82, 2.24) is 0 Å². The number of benzene rings is 1. The Morgan fingerprint density at radius 1 is 1.00 bits per heavy atom. The van der Waals surface area contributed by atoms with E-state index < -0.39 is 15.5 Å². The van der Waals surface area contributed by atoms with Crippen LogP contribution in [0.5, 0.6) is 0 Å². The van der Waals surface area contributed by atoms with Gasteiger partial charge in [-0.25, -0.2) is 0 Å². The molecule has 10 heteroatoms. The highest BCUT2D eigenvalue weighted by Gasteiger charge is 2.45. The molecule has 8 nitrogen and oxygen atoms in total. The second kappa shape index (κ2) is 20.1. The summed E-state index contributed by atoms with van der Waals surface area (Å²) in [5.74, 6) is 0.823. The van der Waals surface area contributed by atoms with E-state index in [1.807, 2.05) is 51.1 Å². The minimum atomic E-state index is -3.55. The molecule has 290 valence electrons. The van der Waals surface area contributed by atoms with Crippen LogP contribution in [-0.2, 0) is 38.0 Å². The summed E-state index contributed by atoms with van der Waals surface area (Å²) in [5, 5.41) is 0. The van der Waals surface area contributed by atoms with Crippen LogP contribution in [0.15, 0.2) is 59.5 Å². The average Bonchev–Trinajstić information content (AvgIpc) is 3.55. The summed E-state index contributed by atoms with van der Waals surface area (Å²) in [7, 11) is -3.55. The maximum Gasteiger partial charge on any atom is 0.311 e. The molecular formula is C41H66O8S2. The molecule has 3 heterocycles. The van der Waals surface area contributed by atoms with Crippen molar-refractivity contribution in [3.05, 3.63) is 54.6 Å². The van der Waals surface area contributed by atoms with E-state index in [9.17, 15) is 13.2 Å². The molecule has 0 amide bonds. The molecule has 1 aromatic rings. The Balaban J connectivity index is 0.000000892. The van der Waals surface area contributed by atoms with E-state index >= 15 is 0 Å². The number of hydrogen-bond acceptors (Lipinski definition) is 9. The van der Waals surface area contributed by atoms with Crippen LogP contribution in [0.25, 0.3) is 0 Å². The van der Waals surface area contributed by atoms with Crippen LogP contribution in [0, 0.1) is 29.1 Å². The highest BCUT2D eigenvalue weighted by atomic mass is 32.2. The summed E-state index contributed by atoms with van der Waals surface area (Å²) < 4.78 is 54.1. The fourth-order valence-electron chi connectivity index (χ4n) is 7.13. The van der Waals surface area contributed by atoms with Crippen LogP contribution in [-0.4, -0.2) is 70.5 Å². The summed E-state index contributed by atoms with van der Waals surface area (Å²) >= 11 is 4.08. The number of carbonyl (C=O) groups excluding carboxylic acids is 1. The Hall–Kier alpha value is -1.69. The topological polar surface area (TPSA) is 97.4 Å². The normalized spacial score (nSPS) is 30.5. The summed E-state index contributed by atoms with van der Waals surface area (Å²) in [4.78, 5) is 13.0. The molecule has 3 aliphatic heterocycles. The molecule has 3 fully saturated rings. The van der Waals surface area contributed by atoms with E-state index in [0.29, 0.717) is 24.9 Å². The zero-order valence-electron chi connectivity index (χ0n) is 32.5. The number of hydrogen-bond donors (Lipinski definition) is 1. The maximum atomic E-state index is 12.0. The van der Waals surface area contributed by atoms with E-state index in [1.54, 1.807) is 0 Å². The molecule has 10 atom stereocenters. The predicted octanol–water partition coefficient (Wildman–Crippen LogP) is 9.00. The third-order valence-electron chi connectivity index (χ3n) is 10.7. The van der Waals surface area contributed by atoms with Crippen molar-refractivity contribution < 1.29 is 36.3 Å². The first-order valence-electron chi connectivity index (χ1n) is 19.0. The Morgan fingerprint density at radius 3 is 2.25 bits per heavy atom. The van der Waals surface area contributed by atoms with Crippen LogP contribution in [0.4, 0.5) is 0 Å². The molecule has 3 aliphatic rings. The van der Waals surface area contributed by atoms with Crippen LogP contribution >= 0.6 is 12.6 Å². The number of carbonyl (C=O) groups is 1. The smallest absolute Gasteiger partial charge is 0.311 e. The van der Waals surface area contributed by atoms with Crippen LogP contribution < -0.4 is 0 Å². The van der Waals surface area contributed by atoms with Crippen molar-refractivity contribution in [1.29, 1.82) is 0 Å². The molecule has 0 radical (unpaired) electrons. The van der Waals surface area contributed by atoms with E-state index in [1.165, 1.54) is 0 Å². The Bertz CT molecular complexity index is 1360. The van der Waals surface area contributed by atoms with Crippen LogP contribution in [0.1, 0.15) is 106 Å². The van der Waals surface area contributed by atoms with Gasteiger partial charge in [-0.2, -0.15) is 8.42 Å². The third kappa shape index (κ3) is 14.6. The number of thiol groups is 1. The van der Waals surface area contributed by atoms with Crippen LogP contribution in [0.2, 0.25) is 0 Å². The van der Waals surface area contributed by atoms with Gasteiger partial charge < -0.3 is 18.9 Å². The molecule has 0 N–H and O–H groups in total. The molecular weight excluding hydrogens is 685 g/mol. The molecule has 3 saturated heterocycles. The minimum absolute atomic E-state index is 0.0115. The zero-order chi connectivity index (χ0) is 37.9. The van der Waals surface area contributed by atoms with E-state index in [0.717, 1.165) is 73.7 Å². The second-order valence-electron chi connectivity index (χ2n) is 16.2. The number of ether oxygens (including phenoxy) is 4. The highest BCUT2D eigenvalue weighted by Crippen LogP contribution is 2.42. The van der Waals surface area contributed by atoms with Gasteiger partial charge in [0.15, 0.2) is 0 Å². The SMILES string of the molecule is C=C1C[C@H](CCCOC(=O)C(C)(C)C)OC1CC[C@H]1C[C@@H](C)C(=C)C(C[C@@H]2O[C@H](C[C@H](C)CC)[C@H](C)C2COS(C)(=O)=O)O1.Sc1ccccc1. The average molecular weight is 751 g/mol. The van der Waals surface area contributed by atoms with Gasteiger partial charge >= 0.3 is 5.97 Å². The van der Waals surface area contributed by atoms with Gasteiger partial charge in [0.05, 0.1) is 61.5 Å². The predicted molar refractivity (Wildman–Crippen MR) is 207 cm³/mol. The number of esters is 1. The lowest BCUT2D eigenvalue weighted by atomic mass is 9.81. The highest BCUT2D eigenvalue weighted by molar-refractivity contribution is 7.86. The molecule has 0 aliphatic carbocycles. The Labute approximate surface area is 315 Å². The van der Waals surface area contributed by atoms with Gasteiger partial charge in [0.2, 0.25) is 0 Å². The molecule has 4 rings (SSSR count). The zero-order valence-corrected chi connectivity index (χ0v) is 34.2. The van der Waals surface area contributed by atoms with Gasteiger partial charge in [-0.1, -0.05) is 65.5 Å². The molecule has 0 spiro atoms. The lowest BCUT2D eigenvalue weighted by molar-refractivity contribution is -0.153. The fourth-order valence-corrected chi connectivity index (χ4v) is 7.71. The molecule has 0 saturated carbocycles. The monoisotopic (exact) mass is 750 g/mol. The summed E-state index contributed by atoms with van der Waals surface area (Å²) in [6, 6.07) is 9.79. The Kier molecular flexibility index (Phi) is 17.2. The van der Waals surface area contributed by atoms with Crippen molar-refractivity contribution in [2.24, 2.45) is 29.1 Å². The molecule has 3 unspecified atom stereocenters. The van der Waals surface area contributed by atoms with Crippen molar-refractivity contribution >= 4 is 28.7 Å². The molecule has 1 aromatic carbocycles. The van der Waals surface area contributed by atoms with Crippen molar-refractivity contribution in [3.8, 4) is 0 Å². The second-order valence-corrected chi connectivity index (χ2v) is 18.4. The van der Waals surface area contributed by atoms with Gasteiger partial charge in [0.1, 0.15) is 0 Å². The van der Waals surface area contributed by atoms with E-state index in [4.69, 9.17) is 23.1 Å². The van der Waals surface area contributed by atoms with Crippen LogP contribution in [0.3, 0.4) is 0 Å². The fraction of sp³-hybridized carbons (Fsp3) is 0.732. The van der Waals surface area contributed by atoms with Gasteiger partial charge in [-0.15, -0.1) is 12.6 Å². The standard InChI is InChI=1S/C35H60O8S.C6H6S/c1-11-22(2)17-31-26(6)29(21-40-44(10,37)38)33(43-31)20-32-25(5)23(3)18-28(42-32)14-15-30-24(4)19-27(41-30)13-12-16-39-34(36)35(7,8)9;7-6-4-2-1-3-5-6/h22-23,26-33H,4-5,11-21H2,1-3,6-10H3;1-5,7H/t22-,23-,26-,27+,28+,29?,30?,31-,32?,33+;/m1./s1. The first-order chi connectivity index (χ1) is 23.9. The lowest BCUT2D eigenvalue weighted by Crippen LogP contribution is -2.38. The van der Waals surface area contributed by atoms with Crippen molar-refractivity contribution in [3.63, 3.8) is 0 Å². The summed E-state index contributed by atoms with van der Waals surface area (Å²) in [6.45, 7) is 23.6. The van der Waals surface area contributed by atoms with E-state index in [2.05, 4.69) is 53.5 Å². The van der Waals surface area contributed by atoms with E-state index in [-0.39, 0.29) is 61.0 Å². The van der Waals surface area contributed by atoms with Crippen molar-refractivity contribution in [2.45, 2.75) is 148 Å². The summed E-state index contributed by atoms with van der Waals surface area (Å²) in [5.41, 5.74) is 1.72. The largest absolute Gasteiger partial charge is 0.465 e. The quantitative estimate of drug-likeness (QED) is 0.0624. The Morgan fingerprint density at radius 2 is 1.67 bits per heavy atom. The first-order valence-corrected chi connectivity index (χ1v) is 21.2. The first kappa shape index (κ1) is 43.7. The molecule has 0 aromatic heterocycles. The minimum Gasteiger partial charge on any atom is -0.465 e. The maximum absolute atomic E-state index is 12.0. The van der Waals surface area contributed by atoms with Gasteiger partial charge in [-0.3, -0.25) is 8.98 Å². The van der Waals surface area contributed by atoms with Gasteiger partial charge in [0.25, 0.3) is 10.1 Å². The number of rotatable bonds is 15. The third-order valence-corrected chi connectivity index (χ3v) is 11.5. The molecule has 0 bridgehead atoms. The van der Waals surface area contributed by atoms with Gasteiger partial charge in [0, 0.05) is 17.2 Å². The molecule has 51 heavy (non-hydrogen) atoms. The van der Waals surface area contributed by atoms with Crippen molar-refractivity contribution in [2.75, 3.05) is 19.5 Å². The van der Waals surface area contributed by atoms with Gasteiger partial charge in [-0.05, 0) is 107 Å². The summed E-state index contributed by atoms with van der Waals surface area (Å²) in [6.07, 6.45) is 8.81.